The van der Waals surface area contributed by atoms with Crippen LogP contribution in [0, 0.1) is 52.5 Å². The van der Waals surface area contributed by atoms with E-state index >= 15 is 0 Å². The summed E-state index contributed by atoms with van der Waals surface area (Å²) in [6.45, 7) is 1.77. The number of nitrogens with zero attached hydrogens (tertiary/aromatic N) is 2. The SMILES string of the molecule is Cc1ccc([N+](=O)[O-])cc1N1C(=O)[C@@H]2[C@@H]3C=C[C@H]([C@@H]4C[C@H]34)[C@H]2C1=O. The fourth-order valence-corrected chi connectivity index (χ4v) is 5.15. The maximum absolute atomic E-state index is 13.0. The van der Waals surface area contributed by atoms with E-state index in [0.29, 0.717) is 23.1 Å². The average Bonchev–Trinajstić information content (AvgIpc) is 3.33. The van der Waals surface area contributed by atoms with Gasteiger partial charge in [0, 0.05) is 12.1 Å². The van der Waals surface area contributed by atoms with Gasteiger partial charge in [0.15, 0.2) is 0 Å². The first kappa shape index (κ1) is 13.9. The summed E-state index contributed by atoms with van der Waals surface area (Å²) >= 11 is 0. The quantitative estimate of drug-likeness (QED) is 0.362. The van der Waals surface area contributed by atoms with Crippen LogP contribution < -0.4 is 4.90 Å². The highest BCUT2D eigenvalue weighted by Gasteiger charge is 2.67. The summed E-state index contributed by atoms with van der Waals surface area (Å²) in [5.74, 6) is 0.477. The number of imide groups is 1. The zero-order valence-corrected chi connectivity index (χ0v) is 13.1. The Bertz CT molecular complexity index is 809. The Kier molecular flexibility index (Phi) is 2.50. The van der Waals surface area contributed by atoms with E-state index in [2.05, 4.69) is 12.2 Å². The zero-order chi connectivity index (χ0) is 16.7. The van der Waals surface area contributed by atoms with Crippen molar-refractivity contribution in [2.45, 2.75) is 13.3 Å². The number of non-ortho nitro benzene ring substituents is 1. The molecule has 6 atom stereocenters. The summed E-state index contributed by atoms with van der Waals surface area (Å²) in [4.78, 5) is 37.9. The van der Waals surface area contributed by atoms with Crippen LogP contribution in [-0.2, 0) is 9.59 Å². The number of amides is 2. The third kappa shape index (κ3) is 1.56. The van der Waals surface area contributed by atoms with Crippen molar-refractivity contribution < 1.29 is 14.5 Å². The molecule has 2 amide bonds. The number of benzene rings is 1. The molecule has 6 nitrogen and oxygen atoms in total. The van der Waals surface area contributed by atoms with Gasteiger partial charge in [0.05, 0.1) is 22.4 Å². The molecule has 4 aliphatic carbocycles. The number of allylic oxidation sites excluding steroid dienone is 2. The molecule has 2 bridgehead atoms. The standard InChI is InChI=1S/C18H16N2O4/c1-8-2-3-9(20(23)24)6-14(8)19-17(21)15-10-4-5-11(13-7-12(10)13)16(15)18(19)22/h2-6,10-13,15-16H,7H2,1H3/t10-,11-,12-,13+,15-,16-/m1/s1. The Hall–Kier alpha value is -2.50. The van der Waals surface area contributed by atoms with Crippen LogP contribution in [0.2, 0.25) is 0 Å². The van der Waals surface area contributed by atoms with Crippen LogP contribution in [0.5, 0.6) is 0 Å². The van der Waals surface area contributed by atoms with Crippen LogP contribution in [0.4, 0.5) is 11.4 Å². The molecule has 0 unspecified atom stereocenters. The summed E-state index contributed by atoms with van der Waals surface area (Å²) in [5.41, 5.74) is 0.961. The van der Waals surface area contributed by atoms with Crippen molar-refractivity contribution in [1.82, 2.24) is 0 Å². The highest BCUT2D eigenvalue weighted by Crippen LogP contribution is 2.65. The van der Waals surface area contributed by atoms with E-state index in [1.807, 2.05) is 0 Å². The van der Waals surface area contributed by atoms with Gasteiger partial charge < -0.3 is 0 Å². The van der Waals surface area contributed by atoms with Crippen LogP contribution in [0.3, 0.4) is 0 Å². The first-order valence-electron chi connectivity index (χ1n) is 8.30. The number of carbonyl (C=O) groups is 2. The Balaban J connectivity index is 1.60. The number of nitro groups is 1. The molecule has 0 aromatic heterocycles. The number of rotatable bonds is 2. The van der Waals surface area contributed by atoms with E-state index < -0.39 is 4.92 Å². The Labute approximate surface area is 138 Å². The molecule has 5 aliphatic rings. The number of nitro benzene ring substituents is 1. The average molecular weight is 324 g/mol. The Morgan fingerprint density at radius 2 is 1.67 bits per heavy atom. The molecular formula is C18H16N2O4. The van der Waals surface area contributed by atoms with Crippen molar-refractivity contribution >= 4 is 23.2 Å². The van der Waals surface area contributed by atoms with Crippen molar-refractivity contribution in [3.8, 4) is 0 Å². The van der Waals surface area contributed by atoms with Crippen molar-refractivity contribution in [3.63, 3.8) is 0 Å². The minimum absolute atomic E-state index is 0.102. The van der Waals surface area contributed by atoms with Crippen molar-refractivity contribution in [2.75, 3.05) is 4.90 Å². The molecule has 6 heteroatoms. The molecule has 1 saturated heterocycles. The lowest BCUT2D eigenvalue weighted by molar-refractivity contribution is -0.384. The predicted molar refractivity (Wildman–Crippen MR) is 85.0 cm³/mol. The second-order valence-corrected chi connectivity index (χ2v) is 7.39. The smallest absolute Gasteiger partial charge is 0.271 e. The minimum Gasteiger partial charge on any atom is -0.274 e. The second-order valence-electron chi connectivity index (χ2n) is 7.39. The van der Waals surface area contributed by atoms with Crippen molar-refractivity contribution in [2.24, 2.45) is 35.5 Å². The van der Waals surface area contributed by atoms with E-state index in [1.165, 1.54) is 17.0 Å². The van der Waals surface area contributed by atoms with E-state index in [9.17, 15) is 19.7 Å². The summed E-state index contributed by atoms with van der Waals surface area (Å²) in [7, 11) is 0. The van der Waals surface area contributed by atoms with Gasteiger partial charge in [-0.3, -0.25) is 19.7 Å². The third-order valence-electron chi connectivity index (χ3n) is 6.31. The number of hydrogen-bond donors (Lipinski definition) is 0. The molecule has 24 heavy (non-hydrogen) atoms. The van der Waals surface area contributed by atoms with E-state index in [0.717, 1.165) is 6.42 Å². The minimum atomic E-state index is -0.499. The van der Waals surface area contributed by atoms with Gasteiger partial charge in [-0.15, -0.1) is 0 Å². The zero-order valence-electron chi connectivity index (χ0n) is 13.1. The molecule has 6 rings (SSSR count). The van der Waals surface area contributed by atoms with E-state index in [1.54, 1.807) is 13.0 Å². The van der Waals surface area contributed by atoms with Crippen molar-refractivity contribution in [3.05, 3.63) is 46.0 Å². The monoisotopic (exact) mass is 324 g/mol. The molecular weight excluding hydrogens is 308 g/mol. The fraction of sp³-hybridized carbons (Fsp3) is 0.444. The Morgan fingerprint density at radius 3 is 2.21 bits per heavy atom. The summed E-state index contributed by atoms with van der Waals surface area (Å²) in [5, 5.41) is 11.1. The molecule has 1 aromatic rings. The highest BCUT2D eigenvalue weighted by molar-refractivity contribution is 6.23. The van der Waals surface area contributed by atoms with Crippen LogP contribution in [0.1, 0.15) is 12.0 Å². The number of hydrogen-bond acceptors (Lipinski definition) is 4. The van der Waals surface area contributed by atoms with Gasteiger partial charge in [0.1, 0.15) is 0 Å². The highest BCUT2D eigenvalue weighted by atomic mass is 16.6. The van der Waals surface area contributed by atoms with Gasteiger partial charge in [-0.05, 0) is 42.6 Å². The predicted octanol–water partition coefficient (Wildman–Crippen LogP) is 2.46. The van der Waals surface area contributed by atoms with Gasteiger partial charge in [0.25, 0.3) is 5.69 Å². The molecule has 3 fully saturated rings. The topological polar surface area (TPSA) is 80.5 Å². The third-order valence-corrected chi connectivity index (χ3v) is 6.31. The first-order valence-corrected chi connectivity index (χ1v) is 8.30. The van der Waals surface area contributed by atoms with E-state index in [-0.39, 0.29) is 41.2 Å². The normalized spacial score (nSPS) is 38.3. The van der Waals surface area contributed by atoms with Crippen LogP contribution in [0.15, 0.2) is 30.4 Å². The van der Waals surface area contributed by atoms with Crippen LogP contribution in [0.25, 0.3) is 0 Å². The maximum atomic E-state index is 13.0. The van der Waals surface area contributed by atoms with E-state index in [4.69, 9.17) is 0 Å². The summed E-state index contributed by atoms with van der Waals surface area (Å²) in [6, 6.07) is 4.34. The lowest BCUT2D eigenvalue weighted by atomic mass is 9.63. The summed E-state index contributed by atoms with van der Waals surface area (Å²) < 4.78 is 0. The molecule has 0 radical (unpaired) electrons. The van der Waals surface area contributed by atoms with Crippen molar-refractivity contribution in [1.29, 1.82) is 0 Å². The molecule has 2 saturated carbocycles. The first-order chi connectivity index (χ1) is 11.5. The van der Waals surface area contributed by atoms with Gasteiger partial charge in [-0.25, -0.2) is 4.90 Å². The summed E-state index contributed by atoms with van der Waals surface area (Å²) in [6.07, 6.45) is 5.36. The van der Waals surface area contributed by atoms with Gasteiger partial charge >= 0.3 is 0 Å². The van der Waals surface area contributed by atoms with Crippen LogP contribution in [-0.4, -0.2) is 16.7 Å². The molecule has 1 aromatic carbocycles. The Morgan fingerprint density at radius 1 is 1.08 bits per heavy atom. The molecule has 0 N–H and O–H groups in total. The molecule has 1 heterocycles. The molecule has 122 valence electrons. The van der Waals surface area contributed by atoms with Crippen LogP contribution >= 0.6 is 0 Å². The second kappa shape index (κ2) is 4.32. The number of aryl methyl sites for hydroxylation is 1. The fourth-order valence-electron chi connectivity index (χ4n) is 5.15. The molecule has 1 aliphatic heterocycles. The van der Waals surface area contributed by atoms with Gasteiger partial charge in [0.2, 0.25) is 11.8 Å². The lowest BCUT2D eigenvalue weighted by Crippen LogP contribution is -2.40. The van der Waals surface area contributed by atoms with Gasteiger partial charge in [-0.2, -0.15) is 0 Å². The number of carbonyl (C=O) groups excluding carboxylic acids is 2. The van der Waals surface area contributed by atoms with Gasteiger partial charge in [-0.1, -0.05) is 18.2 Å². The molecule has 0 spiro atoms. The number of anilines is 1. The largest absolute Gasteiger partial charge is 0.274 e. The maximum Gasteiger partial charge on any atom is 0.271 e. The lowest BCUT2D eigenvalue weighted by Gasteiger charge is -2.37.